The van der Waals surface area contributed by atoms with E-state index in [-0.39, 0.29) is 11.4 Å². The van der Waals surface area contributed by atoms with Gasteiger partial charge in [-0.25, -0.2) is 9.59 Å². The SMILES string of the molecule is Cc1sc(C(=O)O)cc1CNC(=O)OC(C)(C)C. The number of hydrogen-bond acceptors (Lipinski definition) is 4. The normalized spacial score (nSPS) is 11.1. The summed E-state index contributed by atoms with van der Waals surface area (Å²) in [5.74, 6) is -0.952. The quantitative estimate of drug-likeness (QED) is 0.886. The molecule has 0 bridgehead atoms. The van der Waals surface area contributed by atoms with E-state index in [1.54, 1.807) is 26.8 Å². The number of hydrogen-bond donors (Lipinski definition) is 2. The second-order valence-corrected chi connectivity index (χ2v) is 6.11. The first-order valence-corrected chi connectivity index (χ1v) is 6.30. The number of carboxylic acid groups (broad SMARTS) is 1. The lowest BCUT2D eigenvalue weighted by atomic mass is 10.2. The molecule has 1 amide bonds. The summed E-state index contributed by atoms with van der Waals surface area (Å²) >= 11 is 1.20. The van der Waals surface area contributed by atoms with Gasteiger partial charge in [0.25, 0.3) is 0 Å². The fraction of sp³-hybridized carbons (Fsp3) is 0.500. The summed E-state index contributed by atoms with van der Waals surface area (Å²) in [7, 11) is 0. The first-order chi connectivity index (χ1) is 8.19. The summed E-state index contributed by atoms with van der Waals surface area (Å²) in [5.41, 5.74) is 0.253. The number of thiophene rings is 1. The monoisotopic (exact) mass is 271 g/mol. The van der Waals surface area contributed by atoms with E-state index >= 15 is 0 Å². The van der Waals surface area contributed by atoms with Crippen LogP contribution in [0.2, 0.25) is 0 Å². The number of rotatable bonds is 3. The van der Waals surface area contributed by atoms with Gasteiger partial charge >= 0.3 is 12.1 Å². The number of aryl methyl sites for hydroxylation is 1. The fourth-order valence-electron chi connectivity index (χ4n) is 1.28. The van der Waals surface area contributed by atoms with Gasteiger partial charge in [0.1, 0.15) is 10.5 Å². The largest absolute Gasteiger partial charge is 0.477 e. The molecule has 0 aromatic carbocycles. The summed E-state index contributed by atoms with van der Waals surface area (Å²) in [6.07, 6.45) is -0.509. The molecule has 18 heavy (non-hydrogen) atoms. The third-order valence-electron chi connectivity index (χ3n) is 2.05. The molecule has 0 aliphatic heterocycles. The Morgan fingerprint density at radius 1 is 1.44 bits per heavy atom. The topological polar surface area (TPSA) is 75.6 Å². The van der Waals surface area contributed by atoms with Gasteiger partial charge in [-0.3, -0.25) is 0 Å². The molecule has 1 rings (SSSR count). The Hall–Kier alpha value is -1.56. The maximum atomic E-state index is 11.4. The molecule has 0 saturated heterocycles. The Morgan fingerprint density at radius 2 is 2.06 bits per heavy atom. The van der Waals surface area contributed by atoms with Gasteiger partial charge in [0.2, 0.25) is 0 Å². The van der Waals surface area contributed by atoms with Crippen molar-refractivity contribution in [3.8, 4) is 0 Å². The van der Waals surface area contributed by atoms with E-state index in [4.69, 9.17) is 9.84 Å². The second kappa shape index (κ2) is 5.39. The first kappa shape index (κ1) is 14.5. The lowest BCUT2D eigenvalue weighted by molar-refractivity contribution is 0.0523. The standard InChI is InChI=1S/C12H17NO4S/c1-7-8(5-9(18-7)10(14)15)6-13-11(16)17-12(2,3)4/h5H,6H2,1-4H3,(H,13,16)(H,14,15). The number of alkyl carbamates (subject to hydrolysis) is 1. The predicted octanol–water partition coefficient (Wildman–Crippen LogP) is 2.78. The van der Waals surface area contributed by atoms with Crippen LogP contribution in [0.15, 0.2) is 6.07 Å². The van der Waals surface area contributed by atoms with Crippen molar-refractivity contribution < 1.29 is 19.4 Å². The van der Waals surface area contributed by atoms with E-state index in [1.165, 1.54) is 11.3 Å². The van der Waals surface area contributed by atoms with E-state index in [0.29, 0.717) is 0 Å². The van der Waals surface area contributed by atoms with Crippen LogP contribution in [0.5, 0.6) is 0 Å². The zero-order valence-electron chi connectivity index (χ0n) is 10.9. The van der Waals surface area contributed by atoms with Gasteiger partial charge in [-0.1, -0.05) is 0 Å². The molecule has 0 fully saturated rings. The highest BCUT2D eigenvalue weighted by molar-refractivity contribution is 7.14. The van der Waals surface area contributed by atoms with Crippen LogP contribution in [0.4, 0.5) is 4.79 Å². The third-order valence-corrected chi connectivity index (χ3v) is 3.13. The van der Waals surface area contributed by atoms with Crippen molar-refractivity contribution in [2.75, 3.05) is 0 Å². The average molecular weight is 271 g/mol. The summed E-state index contributed by atoms with van der Waals surface area (Å²) in [6, 6.07) is 1.57. The molecule has 0 aliphatic rings. The van der Waals surface area contributed by atoms with E-state index in [0.717, 1.165) is 10.4 Å². The Labute approximate surface area is 110 Å². The highest BCUT2D eigenvalue weighted by atomic mass is 32.1. The van der Waals surface area contributed by atoms with E-state index in [1.807, 2.05) is 6.92 Å². The Bertz CT molecular complexity index is 459. The summed E-state index contributed by atoms with van der Waals surface area (Å²) in [5, 5.41) is 11.5. The smallest absolute Gasteiger partial charge is 0.407 e. The minimum Gasteiger partial charge on any atom is -0.477 e. The second-order valence-electron chi connectivity index (χ2n) is 4.85. The van der Waals surface area contributed by atoms with Crippen LogP contribution in [0.1, 0.15) is 40.9 Å². The molecule has 0 saturated carbocycles. The minimum absolute atomic E-state index is 0.268. The van der Waals surface area contributed by atoms with E-state index in [2.05, 4.69) is 5.32 Å². The zero-order chi connectivity index (χ0) is 13.9. The maximum Gasteiger partial charge on any atom is 0.407 e. The first-order valence-electron chi connectivity index (χ1n) is 5.48. The van der Waals surface area contributed by atoms with Crippen molar-refractivity contribution in [2.45, 2.75) is 39.8 Å². The molecule has 6 heteroatoms. The number of aromatic carboxylic acids is 1. The number of carbonyl (C=O) groups is 2. The van der Waals surface area contributed by atoms with Crippen molar-refractivity contribution in [1.82, 2.24) is 5.32 Å². The maximum absolute atomic E-state index is 11.4. The third kappa shape index (κ3) is 4.37. The molecule has 2 N–H and O–H groups in total. The molecular weight excluding hydrogens is 254 g/mol. The van der Waals surface area contributed by atoms with Crippen LogP contribution in [-0.2, 0) is 11.3 Å². The van der Waals surface area contributed by atoms with Gasteiger partial charge < -0.3 is 15.2 Å². The van der Waals surface area contributed by atoms with Crippen LogP contribution < -0.4 is 5.32 Å². The highest BCUT2D eigenvalue weighted by Crippen LogP contribution is 2.21. The molecule has 0 spiro atoms. The van der Waals surface area contributed by atoms with Gasteiger partial charge in [-0.2, -0.15) is 0 Å². The van der Waals surface area contributed by atoms with Gasteiger partial charge in [-0.15, -0.1) is 11.3 Å². The molecule has 0 atom stereocenters. The highest BCUT2D eigenvalue weighted by Gasteiger charge is 2.17. The van der Waals surface area contributed by atoms with Crippen LogP contribution in [0.25, 0.3) is 0 Å². The van der Waals surface area contributed by atoms with Crippen molar-refractivity contribution >= 4 is 23.4 Å². The Kier molecular flexibility index (Phi) is 4.34. The molecule has 0 radical (unpaired) electrons. The molecular formula is C12H17NO4S. The average Bonchev–Trinajstić information content (AvgIpc) is 2.54. The molecule has 0 unspecified atom stereocenters. The van der Waals surface area contributed by atoms with E-state index < -0.39 is 17.7 Å². The number of carboxylic acids is 1. The summed E-state index contributed by atoms with van der Waals surface area (Å²) in [4.78, 5) is 23.4. The van der Waals surface area contributed by atoms with Gasteiger partial charge in [0.05, 0.1) is 0 Å². The Balaban J connectivity index is 2.59. The van der Waals surface area contributed by atoms with Crippen molar-refractivity contribution in [3.05, 3.63) is 21.4 Å². The van der Waals surface area contributed by atoms with Crippen LogP contribution in [0, 0.1) is 6.92 Å². The molecule has 1 aromatic heterocycles. The van der Waals surface area contributed by atoms with E-state index in [9.17, 15) is 9.59 Å². The molecule has 1 heterocycles. The lowest BCUT2D eigenvalue weighted by Gasteiger charge is -2.19. The number of ether oxygens (including phenoxy) is 1. The van der Waals surface area contributed by atoms with Crippen LogP contribution >= 0.6 is 11.3 Å². The summed E-state index contributed by atoms with van der Waals surface area (Å²) < 4.78 is 5.09. The van der Waals surface area contributed by atoms with Crippen molar-refractivity contribution in [3.63, 3.8) is 0 Å². The van der Waals surface area contributed by atoms with Gasteiger partial charge in [0, 0.05) is 11.4 Å². The van der Waals surface area contributed by atoms with Crippen LogP contribution in [-0.4, -0.2) is 22.8 Å². The Morgan fingerprint density at radius 3 is 2.50 bits per heavy atom. The van der Waals surface area contributed by atoms with Crippen LogP contribution in [0.3, 0.4) is 0 Å². The number of carbonyl (C=O) groups excluding carboxylic acids is 1. The minimum atomic E-state index is -0.952. The molecule has 1 aromatic rings. The number of nitrogens with one attached hydrogen (secondary N) is 1. The molecule has 5 nitrogen and oxygen atoms in total. The molecule has 0 aliphatic carbocycles. The molecule has 100 valence electrons. The zero-order valence-corrected chi connectivity index (χ0v) is 11.7. The van der Waals surface area contributed by atoms with Crippen molar-refractivity contribution in [1.29, 1.82) is 0 Å². The summed E-state index contributed by atoms with van der Waals surface area (Å²) in [6.45, 7) is 7.44. The lowest BCUT2D eigenvalue weighted by Crippen LogP contribution is -2.32. The number of amides is 1. The van der Waals surface area contributed by atoms with Gasteiger partial charge in [-0.05, 0) is 39.3 Å². The van der Waals surface area contributed by atoms with Gasteiger partial charge in [0.15, 0.2) is 0 Å². The predicted molar refractivity (Wildman–Crippen MR) is 69.1 cm³/mol. The fourth-order valence-corrected chi connectivity index (χ4v) is 2.16. The van der Waals surface area contributed by atoms with Crippen molar-refractivity contribution in [2.24, 2.45) is 0 Å².